The summed E-state index contributed by atoms with van der Waals surface area (Å²) in [6.07, 6.45) is -3.36. The second kappa shape index (κ2) is 6.84. The van der Waals surface area contributed by atoms with Gasteiger partial charge in [0.15, 0.2) is 0 Å². The van der Waals surface area contributed by atoms with Crippen LogP contribution in [-0.4, -0.2) is 32.5 Å². The molecule has 0 aliphatic rings. The van der Waals surface area contributed by atoms with Crippen LogP contribution in [0.2, 0.25) is 0 Å². The molecule has 0 aromatic heterocycles. The number of rotatable bonds is 7. The van der Waals surface area contributed by atoms with Crippen LogP contribution in [0.15, 0.2) is 12.2 Å². The molecule has 0 amide bonds. The Morgan fingerprint density at radius 3 is 2.57 bits per heavy atom. The summed E-state index contributed by atoms with van der Waals surface area (Å²) in [5.41, 5.74) is 1.03. The first-order valence-electron chi connectivity index (χ1n) is 4.47. The van der Waals surface area contributed by atoms with E-state index in [-0.39, 0.29) is 6.61 Å². The van der Waals surface area contributed by atoms with Gasteiger partial charge in [0.2, 0.25) is 0 Å². The monoisotopic (exact) mass is 211 g/mol. The van der Waals surface area contributed by atoms with Crippen molar-refractivity contribution < 1.29 is 17.9 Å². The summed E-state index contributed by atoms with van der Waals surface area (Å²) in [6.45, 7) is 5.65. The maximum Gasteiger partial charge on any atom is 0.411 e. The summed E-state index contributed by atoms with van der Waals surface area (Å²) in [7, 11) is 0. The number of alkyl halides is 3. The summed E-state index contributed by atoms with van der Waals surface area (Å²) < 4.78 is 39.2. The molecular formula is C9H16F3NO. The van der Waals surface area contributed by atoms with E-state index in [1.807, 2.05) is 6.92 Å². The van der Waals surface area contributed by atoms with Crippen LogP contribution in [0.5, 0.6) is 0 Å². The van der Waals surface area contributed by atoms with Crippen molar-refractivity contribution in [2.75, 3.05) is 26.3 Å². The maximum atomic E-state index is 11.6. The predicted octanol–water partition coefficient (Wildman–Crippen LogP) is 2.12. The van der Waals surface area contributed by atoms with Crippen LogP contribution in [0.3, 0.4) is 0 Å². The molecule has 0 rings (SSSR count). The fraction of sp³-hybridized carbons (Fsp3) is 0.778. The Morgan fingerprint density at radius 1 is 1.43 bits per heavy atom. The maximum absolute atomic E-state index is 11.6. The molecule has 0 bridgehead atoms. The van der Waals surface area contributed by atoms with Gasteiger partial charge < -0.3 is 10.1 Å². The van der Waals surface area contributed by atoms with Gasteiger partial charge >= 0.3 is 6.18 Å². The average molecular weight is 211 g/mol. The van der Waals surface area contributed by atoms with Gasteiger partial charge in [0.05, 0.1) is 6.61 Å². The Hall–Kier alpha value is -0.550. The largest absolute Gasteiger partial charge is 0.411 e. The van der Waals surface area contributed by atoms with Crippen LogP contribution in [-0.2, 0) is 4.74 Å². The minimum absolute atomic E-state index is 0.0660. The molecule has 0 spiro atoms. The molecule has 0 radical (unpaired) electrons. The normalized spacial score (nSPS) is 11.7. The quantitative estimate of drug-likeness (QED) is 0.514. The van der Waals surface area contributed by atoms with Crippen LogP contribution in [0.25, 0.3) is 0 Å². The lowest BCUT2D eigenvalue weighted by molar-refractivity contribution is -0.173. The van der Waals surface area contributed by atoms with E-state index in [4.69, 9.17) is 0 Å². The van der Waals surface area contributed by atoms with Crippen LogP contribution in [0.1, 0.15) is 13.3 Å². The van der Waals surface area contributed by atoms with E-state index in [9.17, 15) is 13.2 Å². The van der Waals surface area contributed by atoms with E-state index < -0.39 is 12.8 Å². The summed E-state index contributed by atoms with van der Waals surface area (Å²) in [5.74, 6) is 0. The molecule has 0 heterocycles. The number of halogens is 3. The zero-order valence-electron chi connectivity index (χ0n) is 8.28. The lowest BCUT2D eigenvalue weighted by Crippen LogP contribution is -2.25. The van der Waals surface area contributed by atoms with Crippen molar-refractivity contribution in [3.63, 3.8) is 0 Å². The Morgan fingerprint density at radius 2 is 2.07 bits per heavy atom. The standard InChI is InChI=1S/C9H16F3NO/c1-3-8(2)6-13-4-5-14-7-9(10,11)12/h13H,2-7H2,1H3. The smallest absolute Gasteiger partial charge is 0.371 e. The highest BCUT2D eigenvalue weighted by molar-refractivity contribution is 4.94. The third-order valence-electron chi connectivity index (χ3n) is 1.56. The number of hydrogen-bond donors (Lipinski definition) is 1. The highest BCUT2D eigenvalue weighted by Gasteiger charge is 2.27. The predicted molar refractivity (Wildman–Crippen MR) is 49.2 cm³/mol. The molecule has 1 N–H and O–H groups in total. The third-order valence-corrected chi connectivity index (χ3v) is 1.56. The van der Waals surface area contributed by atoms with Gasteiger partial charge in [0.1, 0.15) is 6.61 Å². The van der Waals surface area contributed by atoms with Gasteiger partial charge in [-0.2, -0.15) is 13.2 Å². The van der Waals surface area contributed by atoms with Crippen molar-refractivity contribution in [2.24, 2.45) is 0 Å². The second-order valence-electron chi connectivity index (χ2n) is 2.95. The SMILES string of the molecule is C=C(CC)CNCCOCC(F)(F)F. The van der Waals surface area contributed by atoms with Gasteiger partial charge in [-0.1, -0.05) is 19.1 Å². The highest BCUT2D eigenvalue weighted by Crippen LogP contribution is 2.13. The van der Waals surface area contributed by atoms with Crippen LogP contribution < -0.4 is 5.32 Å². The highest BCUT2D eigenvalue weighted by atomic mass is 19.4. The Bertz CT molecular complexity index is 168. The topological polar surface area (TPSA) is 21.3 Å². The van der Waals surface area contributed by atoms with E-state index in [1.54, 1.807) is 0 Å². The second-order valence-corrected chi connectivity index (χ2v) is 2.95. The van der Waals surface area contributed by atoms with Gasteiger partial charge in [-0.15, -0.1) is 0 Å². The van der Waals surface area contributed by atoms with Crippen molar-refractivity contribution in [1.82, 2.24) is 5.32 Å². The van der Waals surface area contributed by atoms with Gasteiger partial charge in [-0.25, -0.2) is 0 Å². The molecule has 0 aliphatic carbocycles. The molecule has 0 aromatic carbocycles. The Labute approximate surface area is 82.1 Å². The lowest BCUT2D eigenvalue weighted by Gasteiger charge is -2.08. The van der Waals surface area contributed by atoms with Gasteiger partial charge in [0.25, 0.3) is 0 Å². The van der Waals surface area contributed by atoms with Gasteiger partial charge in [0, 0.05) is 13.1 Å². The van der Waals surface area contributed by atoms with E-state index in [2.05, 4.69) is 16.6 Å². The molecule has 2 nitrogen and oxygen atoms in total. The van der Waals surface area contributed by atoms with E-state index in [1.165, 1.54) is 0 Å². The lowest BCUT2D eigenvalue weighted by atomic mass is 10.2. The first-order chi connectivity index (χ1) is 6.45. The number of hydrogen-bond acceptors (Lipinski definition) is 2. The van der Waals surface area contributed by atoms with Gasteiger partial charge in [-0.3, -0.25) is 0 Å². The van der Waals surface area contributed by atoms with Crippen molar-refractivity contribution in [2.45, 2.75) is 19.5 Å². The molecule has 14 heavy (non-hydrogen) atoms. The van der Waals surface area contributed by atoms with Crippen LogP contribution in [0.4, 0.5) is 13.2 Å². The molecule has 5 heteroatoms. The van der Waals surface area contributed by atoms with Crippen molar-refractivity contribution in [3.8, 4) is 0 Å². The molecule has 0 aromatic rings. The summed E-state index contributed by atoms with van der Waals surface area (Å²) in [6, 6.07) is 0. The van der Waals surface area contributed by atoms with Crippen LogP contribution >= 0.6 is 0 Å². The third kappa shape index (κ3) is 9.54. The molecule has 84 valence electrons. The summed E-state index contributed by atoms with van der Waals surface area (Å²) in [5, 5.41) is 2.93. The van der Waals surface area contributed by atoms with E-state index >= 15 is 0 Å². The number of ether oxygens (including phenoxy) is 1. The Kier molecular flexibility index (Phi) is 6.57. The van der Waals surface area contributed by atoms with Crippen LogP contribution in [0, 0.1) is 0 Å². The van der Waals surface area contributed by atoms with Crippen molar-refractivity contribution in [1.29, 1.82) is 0 Å². The number of nitrogens with one attached hydrogen (secondary N) is 1. The van der Waals surface area contributed by atoms with E-state index in [0.717, 1.165) is 12.0 Å². The average Bonchev–Trinajstić information content (AvgIpc) is 2.08. The van der Waals surface area contributed by atoms with Gasteiger partial charge in [-0.05, 0) is 6.42 Å². The molecule has 0 atom stereocenters. The minimum Gasteiger partial charge on any atom is -0.371 e. The summed E-state index contributed by atoms with van der Waals surface area (Å²) >= 11 is 0. The molecule has 0 fully saturated rings. The van der Waals surface area contributed by atoms with Crippen molar-refractivity contribution in [3.05, 3.63) is 12.2 Å². The minimum atomic E-state index is -4.23. The zero-order chi connectivity index (χ0) is 11.0. The summed E-state index contributed by atoms with van der Waals surface area (Å²) in [4.78, 5) is 0. The fourth-order valence-electron chi connectivity index (χ4n) is 0.722. The molecule has 0 aliphatic heterocycles. The fourth-order valence-corrected chi connectivity index (χ4v) is 0.722. The zero-order valence-corrected chi connectivity index (χ0v) is 8.28. The molecule has 0 saturated heterocycles. The Balaban J connectivity index is 3.18. The van der Waals surface area contributed by atoms with E-state index in [0.29, 0.717) is 13.1 Å². The molecular weight excluding hydrogens is 195 g/mol. The first kappa shape index (κ1) is 13.4. The molecule has 0 saturated carbocycles. The van der Waals surface area contributed by atoms with Crippen molar-refractivity contribution >= 4 is 0 Å². The first-order valence-corrected chi connectivity index (χ1v) is 4.47. The molecule has 0 unspecified atom stereocenters.